The van der Waals surface area contributed by atoms with Crippen LogP contribution in [-0.4, -0.2) is 145 Å². The van der Waals surface area contributed by atoms with Gasteiger partial charge in [0.2, 0.25) is 5.79 Å². The van der Waals surface area contributed by atoms with Crippen molar-refractivity contribution in [3.63, 3.8) is 0 Å². The van der Waals surface area contributed by atoms with Gasteiger partial charge in [-0.2, -0.15) is 0 Å². The van der Waals surface area contributed by atoms with E-state index in [2.05, 4.69) is 0 Å². The number of hydrogen-bond acceptors (Lipinski definition) is 14. The first-order valence-electron chi connectivity index (χ1n) is 25.1. The van der Waals surface area contributed by atoms with E-state index >= 15 is 0 Å². The number of aliphatic hydroxyl groups excluding tert-OH is 2. The molecule has 2 saturated heterocycles. The first kappa shape index (κ1) is 62.9. The van der Waals surface area contributed by atoms with Crippen LogP contribution in [0.5, 0.6) is 0 Å². The molecule has 1 amide bonds. The lowest BCUT2D eigenvalue weighted by molar-refractivity contribution is -0.265. The van der Waals surface area contributed by atoms with Gasteiger partial charge in [-0.3, -0.25) is 24.0 Å². The third kappa shape index (κ3) is 18.4. The van der Waals surface area contributed by atoms with Crippen LogP contribution in [0, 0.1) is 35.5 Å². The molecule has 1 saturated carbocycles. The number of aliphatic hydroxyl groups is 3. The van der Waals surface area contributed by atoms with E-state index in [0.29, 0.717) is 63.4 Å². The second-order valence-corrected chi connectivity index (χ2v) is 25.1. The number of rotatable bonds is 7. The zero-order valence-electron chi connectivity index (χ0n) is 43.3. The van der Waals surface area contributed by atoms with Crippen molar-refractivity contribution in [2.24, 2.45) is 35.5 Å². The second kappa shape index (κ2) is 30.2. The van der Waals surface area contributed by atoms with Crippen LogP contribution in [-0.2, 0) is 52.5 Å². The fourth-order valence-electron chi connectivity index (χ4n) is 10.1. The van der Waals surface area contributed by atoms with Crippen LogP contribution in [0.1, 0.15) is 126 Å². The van der Waals surface area contributed by atoms with E-state index in [1.807, 2.05) is 103 Å². The lowest BCUT2D eigenvalue weighted by Crippen LogP contribution is -2.61. The lowest BCUT2D eigenvalue weighted by Gasteiger charge is -2.42. The summed E-state index contributed by atoms with van der Waals surface area (Å²) < 4.78 is 29.1. The molecular formula is C53H81I2NO15. The predicted molar refractivity (Wildman–Crippen MR) is 285 cm³/mol. The van der Waals surface area contributed by atoms with Crippen molar-refractivity contribution in [2.75, 3.05) is 27.9 Å². The fraction of sp³-hybridized carbons (Fsp3) is 0.736. The highest BCUT2D eigenvalue weighted by Crippen LogP contribution is 2.38. The molecule has 0 aromatic rings. The summed E-state index contributed by atoms with van der Waals surface area (Å²) in [7, 11) is 4.52. The third-order valence-corrected chi connectivity index (χ3v) is 15.7. The number of methoxy groups -OCH3 is 3. The molecule has 2 bridgehead atoms. The zero-order chi connectivity index (χ0) is 53.3. The highest BCUT2D eigenvalue weighted by atomic mass is 127. The topological polar surface area (TPSA) is 233 Å². The van der Waals surface area contributed by atoms with Crippen LogP contribution in [0.3, 0.4) is 0 Å². The van der Waals surface area contributed by atoms with E-state index in [0.717, 1.165) is 12.0 Å². The largest absolute Gasteiger partial charge is 0.480 e. The second-order valence-electron chi connectivity index (χ2n) is 20.2. The minimum absolute atomic E-state index is 0.0193. The Labute approximate surface area is 448 Å². The number of Topliss-reactive ketones (excluding diaryl/α,β-unsaturated/α-hetero) is 3. The monoisotopic (exact) mass is 1230 g/mol. The van der Waals surface area contributed by atoms with Crippen LogP contribution >= 0.6 is 45.2 Å². The number of ketones is 3. The standard InChI is InChI=1S/C51H79NO13.C2H2I2O2/c1-30-16-12-11-13-17-31(2)42(61-8)28-38-21-19-36(7)51(60,65-38)48(57)49(58)52-23-15-14-18-39(52)50(59)64-43(33(4)26-37-20-22-40(53)44(27-37)62-9)29-41(54)32(3)25-35(6)46(56)47(63-10)45(55)34(5)24-30;3-1(4)2(5)6/h11-13,16-17,25,30,32-34,36-40,42-44,46-47,53,56,60H,14-15,18-24,26-29H2,1-10H3;1H,(H,5,6)/b13-11?,16-12+,31-17?,35-25+;/t30-,32-,33-,34-,36-,37+,38+,39+,40-,42+,43+,44-,46-,47+,51-;/m1./s1. The Bertz CT molecular complexity index is 1920. The molecule has 4 N–H and O–H groups in total. The lowest BCUT2D eigenvalue weighted by atomic mass is 9.78. The number of aliphatic carboxylic acids is 1. The Balaban J connectivity index is 0.00000208. The minimum Gasteiger partial charge on any atom is -0.480 e. The summed E-state index contributed by atoms with van der Waals surface area (Å²) >= 11 is 3.64. The number of hydrogen-bond donors (Lipinski definition) is 4. The number of allylic oxidation sites excluding steroid dienone is 6. The van der Waals surface area contributed by atoms with Crippen molar-refractivity contribution < 1.29 is 72.9 Å². The predicted octanol–water partition coefficient (Wildman–Crippen LogP) is 7.45. The number of halogens is 2. The van der Waals surface area contributed by atoms with Crippen molar-refractivity contribution in [1.29, 1.82) is 0 Å². The molecule has 18 heteroatoms. The molecule has 0 aromatic carbocycles. The van der Waals surface area contributed by atoms with Crippen LogP contribution < -0.4 is 0 Å². The van der Waals surface area contributed by atoms with Crippen LogP contribution in [0.15, 0.2) is 47.6 Å². The first-order valence-corrected chi connectivity index (χ1v) is 27.6. The molecule has 71 heavy (non-hydrogen) atoms. The van der Waals surface area contributed by atoms with E-state index in [9.17, 15) is 44.1 Å². The van der Waals surface area contributed by atoms with Gasteiger partial charge in [-0.05, 0) is 107 Å². The number of carboxylic acid groups (broad SMARTS) is 1. The maximum absolute atomic E-state index is 14.4. The molecule has 0 unspecified atom stereocenters. The van der Waals surface area contributed by atoms with Gasteiger partial charge < -0.3 is 49.0 Å². The fourth-order valence-corrected chi connectivity index (χ4v) is 10.1. The van der Waals surface area contributed by atoms with Gasteiger partial charge in [0.25, 0.3) is 11.7 Å². The molecule has 16 nitrogen and oxygen atoms in total. The summed E-state index contributed by atoms with van der Waals surface area (Å²) in [6.07, 6.45) is 11.2. The number of carboxylic acids is 1. The van der Waals surface area contributed by atoms with Gasteiger partial charge in [-0.25, -0.2) is 4.79 Å². The Morgan fingerprint density at radius 1 is 0.873 bits per heavy atom. The number of ether oxygens (including phenoxy) is 5. The Hall–Kier alpha value is -2.44. The zero-order valence-corrected chi connectivity index (χ0v) is 47.6. The first-order chi connectivity index (χ1) is 33.4. The molecule has 3 fully saturated rings. The Kier molecular flexibility index (Phi) is 26.7. The smallest absolute Gasteiger partial charge is 0.329 e. The minimum atomic E-state index is -2.43. The van der Waals surface area contributed by atoms with Crippen LogP contribution in [0.25, 0.3) is 0 Å². The highest BCUT2D eigenvalue weighted by molar-refractivity contribution is 14.2. The molecule has 0 spiro atoms. The van der Waals surface area contributed by atoms with Gasteiger partial charge >= 0.3 is 11.9 Å². The molecule has 4 rings (SSSR count). The Morgan fingerprint density at radius 2 is 1.55 bits per heavy atom. The highest BCUT2D eigenvalue weighted by Gasteiger charge is 2.53. The van der Waals surface area contributed by atoms with Crippen molar-refractivity contribution in [3.8, 4) is 0 Å². The summed E-state index contributed by atoms with van der Waals surface area (Å²) in [6, 6.07) is -1.14. The number of alkyl halides is 2. The van der Waals surface area contributed by atoms with Gasteiger partial charge in [-0.1, -0.05) is 116 Å². The van der Waals surface area contributed by atoms with E-state index in [1.165, 1.54) is 12.0 Å². The number of fused-ring (bicyclic) bond motifs is 3. The van der Waals surface area contributed by atoms with Crippen LogP contribution in [0.2, 0.25) is 0 Å². The molecule has 402 valence electrons. The van der Waals surface area contributed by atoms with E-state index < -0.39 is 89.8 Å². The number of carbonyl (C=O) groups excluding carboxylic acids is 5. The average molecular weight is 1230 g/mol. The van der Waals surface area contributed by atoms with Crippen molar-refractivity contribution >= 4 is 80.4 Å². The van der Waals surface area contributed by atoms with Gasteiger partial charge in [0.1, 0.15) is 30.1 Å². The summed E-state index contributed by atoms with van der Waals surface area (Å²) in [5.41, 5.74) is 1.27. The number of piperidine rings is 1. The molecule has 1 aliphatic carbocycles. The molecule has 15 atom stereocenters. The normalized spacial score (nSPS) is 36.6. The molecule has 0 radical (unpaired) electrons. The van der Waals surface area contributed by atoms with Crippen molar-refractivity contribution in [2.45, 2.75) is 182 Å². The number of cyclic esters (lactones) is 1. The Morgan fingerprint density at radius 3 is 2.17 bits per heavy atom. The van der Waals surface area contributed by atoms with Crippen molar-refractivity contribution in [1.82, 2.24) is 4.90 Å². The quantitative estimate of drug-likeness (QED) is 0.0638. The molecule has 0 aromatic heterocycles. The average Bonchev–Trinajstić information content (AvgIpc) is 3.33. The summed E-state index contributed by atoms with van der Waals surface area (Å²) in [5.74, 6) is -8.73. The molecule has 3 aliphatic heterocycles. The van der Waals surface area contributed by atoms with E-state index in [-0.39, 0.29) is 56.7 Å². The molecule has 3 heterocycles. The number of carbonyl (C=O) groups is 6. The van der Waals surface area contributed by atoms with E-state index in [4.69, 9.17) is 28.8 Å². The number of esters is 1. The van der Waals surface area contributed by atoms with Gasteiger partial charge in [0.15, 0.2) is 7.71 Å². The van der Waals surface area contributed by atoms with Gasteiger partial charge in [0.05, 0.1) is 24.4 Å². The van der Waals surface area contributed by atoms with Gasteiger partial charge in [0, 0.05) is 58.5 Å². The van der Waals surface area contributed by atoms with Crippen LogP contribution in [0.4, 0.5) is 0 Å². The number of nitrogens with zero attached hydrogens (tertiary/aromatic N) is 1. The molecular weight excluding hydrogens is 1140 g/mol. The maximum Gasteiger partial charge on any atom is 0.329 e. The molecule has 4 aliphatic rings. The summed E-state index contributed by atoms with van der Waals surface area (Å²) in [6.45, 7) is 12.7. The maximum atomic E-state index is 14.4. The summed E-state index contributed by atoms with van der Waals surface area (Å²) in [4.78, 5) is 81.5. The third-order valence-electron chi connectivity index (χ3n) is 14.7. The van der Waals surface area contributed by atoms with E-state index in [1.54, 1.807) is 41.1 Å². The van der Waals surface area contributed by atoms with Gasteiger partial charge in [-0.15, -0.1) is 0 Å². The SMILES string of the molecule is CO[C@H]1C[C@@H]2CC[C@@H](C)[C@@](O)(O2)C(=O)C(=O)N2CCCC[C@H]2C(=O)O[C@H]([C@H](C)C[C@@H]2CC[C@@H](O)[C@H](OC)C2)CC(=O)[C@H](C)/C=C(\C)[C@@H](O)[C@@H](OC)C(=O)[C@H](C)C[C@H](C)/C=C/C=CC=C1C.O=C(O)C(I)I. The van der Waals surface area contributed by atoms with Crippen molar-refractivity contribution in [3.05, 3.63) is 47.6 Å². The summed E-state index contributed by atoms with van der Waals surface area (Å²) in [5, 5.41) is 41.8. The number of amides is 1.